The Labute approximate surface area is 142 Å². The normalized spacial score (nSPS) is 11.4. The summed E-state index contributed by atoms with van der Waals surface area (Å²) in [7, 11) is 0. The van der Waals surface area contributed by atoms with Crippen molar-refractivity contribution in [3.63, 3.8) is 0 Å². The van der Waals surface area contributed by atoms with E-state index in [0.29, 0.717) is 23.5 Å². The van der Waals surface area contributed by atoms with Gasteiger partial charge in [0.2, 0.25) is 5.13 Å². The van der Waals surface area contributed by atoms with Crippen LogP contribution in [0.5, 0.6) is 0 Å². The van der Waals surface area contributed by atoms with Crippen LogP contribution < -0.4 is 5.32 Å². The van der Waals surface area contributed by atoms with E-state index in [0.717, 1.165) is 17.6 Å². The zero-order valence-corrected chi connectivity index (χ0v) is 13.0. The summed E-state index contributed by atoms with van der Waals surface area (Å²) in [6, 6.07) is 5.36. The fourth-order valence-electron chi connectivity index (χ4n) is 1.94. The molecule has 2 aromatic heterocycles. The molecule has 1 aromatic carbocycles. The number of halogens is 4. The number of benzene rings is 1. The van der Waals surface area contributed by atoms with Gasteiger partial charge in [0.05, 0.1) is 5.56 Å². The van der Waals surface area contributed by atoms with E-state index in [1.54, 1.807) is 24.5 Å². The van der Waals surface area contributed by atoms with Crippen LogP contribution in [0.2, 0.25) is 0 Å². The Kier molecular flexibility index (Phi) is 4.45. The van der Waals surface area contributed by atoms with Crippen LogP contribution in [0.15, 0.2) is 42.7 Å². The summed E-state index contributed by atoms with van der Waals surface area (Å²) in [5, 5.41) is 2.50. The lowest BCUT2D eigenvalue weighted by molar-refractivity contribution is -0.140. The molecule has 0 radical (unpaired) electrons. The third-order valence-corrected chi connectivity index (χ3v) is 3.73. The smallest absolute Gasteiger partial charge is 0.297 e. The molecule has 0 aliphatic carbocycles. The van der Waals surface area contributed by atoms with Gasteiger partial charge in [-0.3, -0.25) is 15.1 Å². The number of alkyl halides is 3. The van der Waals surface area contributed by atoms with Crippen LogP contribution in [-0.2, 0) is 6.18 Å². The second-order valence-corrected chi connectivity index (χ2v) is 5.56. The maximum Gasteiger partial charge on any atom is 0.419 e. The van der Waals surface area contributed by atoms with Gasteiger partial charge in [-0.05, 0) is 30.3 Å². The van der Waals surface area contributed by atoms with Gasteiger partial charge in [0, 0.05) is 35.1 Å². The highest BCUT2D eigenvalue weighted by atomic mass is 32.1. The number of hydrogen-bond donors (Lipinski definition) is 1. The number of anilines is 1. The van der Waals surface area contributed by atoms with Gasteiger partial charge in [0.15, 0.2) is 5.82 Å². The largest absolute Gasteiger partial charge is 0.419 e. The zero-order chi connectivity index (χ0) is 18.0. The predicted molar refractivity (Wildman–Crippen MR) is 82.5 cm³/mol. The summed E-state index contributed by atoms with van der Waals surface area (Å²) >= 11 is 0.884. The summed E-state index contributed by atoms with van der Waals surface area (Å²) in [5.74, 6) is -1.97. The molecule has 0 fully saturated rings. The van der Waals surface area contributed by atoms with Crippen LogP contribution in [0, 0.1) is 5.82 Å². The predicted octanol–water partition coefficient (Wildman–Crippen LogP) is 4.01. The molecule has 0 saturated carbocycles. The number of hydrogen-bond acceptors (Lipinski definition) is 5. The molecule has 1 amide bonds. The van der Waals surface area contributed by atoms with E-state index in [1.165, 1.54) is 0 Å². The minimum Gasteiger partial charge on any atom is -0.297 e. The van der Waals surface area contributed by atoms with E-state index in [1.807, 2.05) is 0 Å². The molecule has 0 spiro atoms. The lowest BCUT2D eigenvalue weighted by Gasteiger charge is -2.09. The Balaban J connectivity index is 1.77. The molecular formula is C15H8F4N4OS. The Morgan fingerprint density at radius 1 is 1.20 bits per heavy atom. The fourth-order valence-corrected chi connectivity index (χ4v) is 2.53. The molecule has 0 atom stereocenters. The number of nitrogens with zero attached hydrogens (tertiary/aromatic N) is 3. The quantitative estimate of drug-likeness (QED) is 0.710. The highest BCUT2D eigenvalue weighted by Crippen LogP contribution is 2.31. The fraction of sp³-hybridized carbons (Fsp3) is 0.0667. The topological polar surface area (TPSA) is 67.8 Å². The van der Waals surface area contributed by atoms with Gasteiger partial charge in [-0.15, -0.1) is 0 Å². The zero-order valence-electron chi connectivity index (χ0n) is 12.2. The summed E-state index contributed by atoms with van der Waals surface area (Å²) in [6.07, 6.45) is -1.70. The number of pyridine rings is 1. The van der Waals surface area contributed by atoms with Crippen molar-refractivity contribution in [2.75, 3.05) is 5.32 Å². The van der Waals surface area contributed by atoms with Gasteiger partial charge in [-0.2, -0.15) is 22.5 Å². The molecule has 128 valence electrons. The number of amides is 1. The molecule has 5 nitrogen and oxygen atoms in total. The first-order chi connectivity index (χ1) is 11.8. The first-order valence-electron chi connectivity index (χ1n) is 6.77. The lowest BCUT2D eigenvalue weighted by Crippen LogP contribution is -2.14. The molecule has 1 N–H and O–H groups in total. The average molecular weight is 368 g/mol. The molecule has 0 aliphatic heterocycles. The van der Waals surface area contributed by atoms with Crippen molar-refractivity contribution < 1.29 is 22.4 Å². The van der Waals surface area contributed by atoms with Crippen molar-refractivity contribution in [3.8, 4) is 11.4 Å². The Bertz CT molecular complexity index is 911. The van der Waals surface area contributed by atoms with Crippen molar-refractivity contribution in [3.05, 3.63) is 59.7 Å². The second kappa shape index (κ2) is 6.55. The summed E-state index contributed by atoms with van der Waals surface area (Å²) < 4.78 is 55.2. The van der Waals surface area contributed by atoms with Gasteiger partial charge in [0.1, 0.15) is 5.82 Å². The van der Waals surface area contributed by atoms with Gasteiger partial charge in [-0.25, -0.2) is 4.39 Å². The van der Waals surface area contributed by atoms with Gasteiger partial charge >= 0.3 is 6.18 Å². The number of carbonyl (C=O) groups excluding carboxylic acids is 1. The van der Waals surface area contributed by atoms with Gasteiger partial charge < -0.3 is 0 Å². The maximum absolute atomic E-state index is 13.5. The molecular weight excluding hydrogens is 360 g/mol. The van der Waals surface area contributed by atoms with Crippen LogP contribution in [-0.4, -0.2) is 20.2 Å². The highest BCUT2D eigenvalue weighted by molar-refractivity contribution is 7.10. The van der Waals surface area contributed by atoms with Crippen molar-refractivity contribution in [2.45, 2.75) is 6.18 Å². The summed E-state index contributed by atoms with van der Waals surface area (Å²) in [6.45, 7) is 0. The van der Waals surface area contributed by atoms with E-state index in [-0.39, 0.29) is 10.7 Å². The van der Waals surface area contributed by atoms with E-state index < -0.39 is 23.5 Å². The first kappa shape index (κ1) is 17.0. The Morgan fingerprint density at radius 3 is 2.64 bits per heavy atom. The molecule has 2 heterocycles. The van der Waals surface area contributed by atoms with Gasteiger partial charge in [0.25, 0.3) is 5.91 Å². The van der Waals surface area contributed by atoms with Crippen LogP contribution in [0.4, 0.5) is 22.7 Å². The summed E-state index contributed by atoms with van der Waals surface area (Å²) in [4.78, 5) is 20.0. The number of aromatic nitrogens is 3. The monoisotopic (exact) mass is 368 g/mol. The molecule has 0 aliphatic rings. The summed E-state index contributed by atoms with van der Waals surface area (Å²) in [5.41, 5.74) is -1.05. The van der Waals surface area contributed by atoms with E-state index in [4.69, 9.17) is 0 Å². The molecule has 3 rings (SSSR count). The van der Waals surface area contributed by atoms with Crippen molar-refractivity contribution in [1.82, 2.24) is 14.3 Å². The number of carbonyl (C=O) groups is 1. The molecule has 25 heavy (non-hydrogen) atoms. The van der Waals surface area contributed by atoms with Crippen LogP contribution >= 0.6 is 11.5 Å². The molecule has 0 bridgehead atoms. The standard InChI is InChI=1S/C15H8F4N4OS/c16-11-6-8(3-4-10(11)15(17,18)19)13(24)22-14-21-12(23-25-14)9-2-1-5-20-7-9/h1-7H,(H,21,22,23,24). The third kappa shape index (κ3) is 3.79. The molecule has 0 unspecified atom stereocenters. The van der Waals surface area contributed by atoms with Crippen molar-refractivity contribution in [1.29, 1.82) is 0 Å². The Hall–Kier alpha value is -2.88. The van der Waals surface area contributed by atoms with E-state index >= 15 is 0 Å². The van der Waals surface area contributed by atoms with Crippen molar-refractivity contribution >= 4 is 22.6 Å². The second-order valence-electron chi connectivity index (χ2n) is 4.81. The van der Waals surface area contributed by atoms with Crippen LogP contribution in [0.25, 0.3) is 11.4 Å². The lowest BCUT2D eigenvalue weighted by atomic mass is 10.1. The molecule has 10 heteroatoms. The van der Waals surface area contributed by atoms with Crippen LogP contribution in [0.1, 0.15) is 15.9 Å². The Morgan fingerprint density at radius 2 is 2.00 bits per heavy atom. The maximum atomic E-state index is 13.5. The molecule has 3 aromatic rings. The SMILES string of the molecule is O=C(Nc1nc(-c2cccnc2)ns1)c1ccc(C(F)(F)F)c(F)c1. The van der Waals surface area contributed by atoms with E-state index in [2.05, 4.69) is 19.7 Å². The third-order valence-electron chi connectivity index (χ3n) is 3.10. The van der Waals surface area contributed by atoms with Gasteiger partial charge in [-0.1, -0.05) is 0 Å². The minimum absolute atomic E-state index is 0.129. The van der Waals surface area contributed by atoms with E-state index in [9.17, 15) is 22.4 Å². The first-order valence-corrected chi connectivity index (χ1v) is 7.54. The molecule has 0 saturated heterocycles. The number of rotatable bonds is 3. The highest BCUT2D eigenvalue weighted by Gasteiger charge is 2.34. The number of nitrogens with one attached hydrogen (secondary N) is 1. The minimum atomic E-state index is -4.82. The van der Waals surface area contributed by atoms with Crippen molar-refractivity contribution in [2.24, 2.45) is 0 Å². The average Bonchev–Trinajstić information content (AvgIpc) is 3.03. The van der Waals surface area contributed by atoms with Crippen LogP contribution in [0.3, 0.4) is 0 Å².